The molecule has 0 aliphatic carbocycles. The highest BCUT2D eigenvalue weighted by Crippen LogP contribution is 2.21. The summed E-state index contributed by atoms with van der Waals surface area (Å²) in [6.45, 7) is 7.94. The van der Waals surface area contributed by atoms with Gasteiger partial charge in [-0.15, -0.1) is 0 Å². The molecule has 0 aliphatic rings. The van der Waals surface area contributed by atoms with E-state index in [1.165, 1.54) is 5.56 Å². The van der Waals surface area contributed by atoms with Crippen molar-refractivity contribution in [3.63, 3.8) is 0 Å². The Hall–Kier alpha value is -3.82. The highest BCUT2D eigenvalue weighted by molar-refractivity contribution is 5.97. The molecule has 2 aromatic heterocycles. The van der Waals surface area contributed by atoms with Gasteiger partial charge >= 0.3 is 0 Å². The minimum Gasteiger partial charge on any atom is -0.380 e. The summed E-state index contributed by atoms with van der Waals surface area (Å²) in [5.74, 6) is 1.22. The van der Waals surface area contributed by atoms with Gasteiger partial charge in [0.2, 0.25) is 0 Å². The van der Waals surface area contributed by atoms with Gasteiger partial charge in [-0.2, -0.15) is 0 Å². The van der Waals surface area contributed by atoms with Gasteiger partial charge < -0.3 is 20.3 Å². The number of amides is 1. The van der Waals surface area contributed by atoms with E-state index < -0.39 is 0 Å². The number of ether oxygens (including phenoxy) is 1. The van der Waals surface area contributed by atoms with Gasteiger partial charge in [0, 0.05) is 31.3 Å². The minimum atomic E-state index is -0.102. The van der Waals surface area contributed by atoms with Crippen molar-refractivity contribution in [3.05, 3.63) is 78.4 Å². The molecule has 9 heteroatoms. The summed E-state index contributed by atoms with van der Waals surface area (Å²) in [7, 11) is 2.06. The first-order chi connectivity index (χ1) is 18.0. The highest BCUT2D eigenvalue weighted by atomic mass is 16.5. The second kappa shape index (κ2) is 12.9. The SMILES string of the molecule is CCOCCN(C)CCCNC(=O)c1ccc2c(c1)ncn2-c1cncc(N[C@@H](C)c2ccccc2)n1. The summed E-state index contributed by atoms with van der Waals surface area (Å²) in [6, 6.07) is 15.8. The number of carbonyl (C=O) groups is 1. The molecule has 4 aromatic rings. The molecule has 0 aliphatic heterocycles. The number of nitrogens with one attached hydrogen (secondary N) is 2. The zero-order chi connectivity index (χ0) is 26.0. The lowest BCUT2D eigenvalue weighted by Gasteiger charge is -2.16. The zero-order valence-corrected chi connectivity index (χ0v) is 21.7. The fourth-order valence-electron chi connectivity index (χ4n) is 4.05. The van der Waals surface area contributed by atoms with E-state index in [0.717, 1.165) is 43.8 Å². The van der Waals surface area contributed by atoms with E-state index in [4.69, 9.17) is 9.72 Å². The van der Waals surface area contributed by atoms with Crippen LogP contribution in [0.5, 0.6) is 0 Å². The number of likely N-dealkylation sites (N-methyl/N-ethyl adjacent to an activating group) is 1. The Morgan fingerprint density at radius 1 is 1.14 bits per heavy atom. The lowest BCUT2D eigenvalue weighted by atomic mass is 10.1. The lowest BCUT2D eigenvalue weighted by Crippen LogP contribution is -2.29. The predicted octanol–water partition coefficient (Wildman–Crippen LogP) is 4.08. The first-order valence-electron chi connectivity index (χ1n) is 12.7. The van der Waals surface area contributed by atoms with Crippen LogP contribution in [-0.4, -0.2) is 70.2 Å². The van der Waals surface area contributed by atoms with Crippen molar-refractivity contribution in [2.75, 3.05) is 45.2 Å². The second-order valence-corrected chi connectivity index (χ2v) is 8.97. The molecular formula is C28H35N7O2. The van der Waals surface area contributed by atoms with Gasteiger partial charge in [-0.05, 0) is 57.6 Å². The molecule has 0 radical (unpaired) electrons. The van der Waals surface area contributed by atoms with Crippen molar-refractivity contribution in [1.82, 2.24) is 29.7 Å². The van der Waals surface area contributed by atoms with Gasteiger partial charge in [-0.25, -0.2) is 9.97 Å². The van der Waals surface area contributed by atoms with Crippen LogP contribution in [-0.2, 0) is 4.74 Å². The number of benzene rings is 2. The van der Waals surface area contributed by atoms with Gasteiger partial charge in [-0.3, -0.25) is 14.3 Å². The fraction of sp³-hybridized carbons (Fsp3) is 0.357. The standard InChI is InChI=1S/C28H35N7O2/c1-4-37-16-15-34(3)14-8-13-30-28(36)23-11-12-25-24(17-23)31-20-35(25)27-19-29-18-26(33-27)32-21(2)22-9-6-5-7-10-22/h5-7,9-12,17-21H,4,8,13-16H2,1-3H3,(H,30,36)(H,32,33)/t21-/m0/s1. The molecule has 2 aromatic carbocycles. The lowest BCUT2D eigenvalue weighted by molar-refractivity contribution is 0.0949. The maximum atomic E-state index is 12.7. The molecule has 4 rings (SSSR count). The Morgan fingerprint density at radius 2 is 1.97 bits per heavy atom. The van der Waals surface area contributed by atoms with Crippen LogP contribution < -0.4 is 10.6 Å². The molecule has 0 unspecified atom stereocenters. The molecular weight excluding hydrogens is 466 g/mol. The maximum absolute atomic E-state index is 12.7. The van der Waals surface area contributed by atoms with Crippen molar-refractivity contribution in [2.24, 2.45) is 0 Å². The zero-order valence-electron chi connectivity index (χ0n) is 21.7. The van der Waals surface area contributed by atoms with Crippen molar-refractivity contribution in [3.8, 4) is 5.82 Å². The van der Waals surface area contributed by atoms with E-state index in [0.29, 0.717) is 23.7 Å². The summed E-state index contributed by atoms with van der Waals surface area (Å²) in [4.78, 5) is 28.5. The quantitative estimate of drug-likeness (QED) is 0.267. The molecule has 2 heterocycles. The average Bonchev–Trinajstić information content (AvgIpc) is 3.35. The first kappa shape index (κ1) is 26.2. The van der Waals surface area contributed by atoms with E-state index in [1.54, 1.807) is 18.7 Å². The van der Waals surface area contributed by atoms with Gasteiger partial charge in [0.25, 0.3) is 5.91 Å². The van der Waals surface area contributed by atoms with Crippen molar-refractivity contribution in [2.45, 2.75) is 26.3 Å². The van der Waals surface area contributed by atoms with Crippen molar-refractivity contribution in [1.29, 1.82) is 0 Å². The van der Waals surface area contributed by atoms with Crippen LogP contribution in [0.25, 0.3) is 16.9 Å². The molecule has 194 valence electrons. The van der Waals surface area contributed by atoms with E-state index in [9.17, 15) is 4.79 Å². The maximum Gasteiger partial charge on any atom is 0.251 e. The number of rotatable bonds is 13. The predicted molar refractivity (Wildman–Crippen MR) is 146 cm³/mol. The molecule has 0 bridgehead atoms. The van der Waals surface area contributed by atoms with Crippen molar-refractivity contribution >= 4 is 22.8 Å². The summed E-state index contributed by atoms with van der Waals surface area (Å²) in [5.41, 5.74) is 3.33. The summed E-state index contributed by atoms with van der Waals surface area (Å²) in [6.07, 6.45) is 5.99. The smallest absolute Gasteiger partial charge is 0.251 e. The van der Waals surface area contributed by atoms with Gasteiger partial charge in [0.1, 0.15) is 12.1 Å². The molecule has 0 saturated carbocycles. The Balaban J connectivity index is 1.37. The molecule has 0 saturated heterocycles. The Bertz CT molecular complexity index is 1290. The van der Waals surface area contributed by atoms with Gasteiger partial charge in [0.15, 0.2) is 5.82 Å². The third kappa shape index (κ3) is 7.12. The van der Waals surface area contributed by atoms with E-state index in [1.807, 2.05) is 47.9 Å². The van der Waals surface area contributed by atoms with E-state index >= 15 is 0 Å². The van der Waals surface area contributed by atoms with Crippen LogP contribution in [0.4, 0.5) is 5.82 Å². The topological polar surface area (TPSA) is 97.2 Å². The van der Waals surface area contributed by atoms with E-state index in [2.05, 4.69) is 51.6 Å². The van der Waals surface area contributed by atoms with Crippen LogP contribution in [0.1, 0.15) is 42.2 Å². The Morgan fingerprint density at radius 3 is 2.78 bits per heavy atom. The Labute approximate surface area is 217 Å². The molecule has 0 fully saturated rings. The second-order valence-electron chi connectivity index (χ2n) is 8.97. The van der Waals surface area contributed by atoms with E-state index in [-0.39, 0.29) is 11.9 Å². The molecule has 2 N–H and O–H groups in total. The number of nitrogens with zero attached hydrogens (tertiary/aromatic N) is 5. The first-order valence-corrected chi connectivity index (χ1v) is 12.7. The highest BCUT2D eigenvalue weighted by Gasteiger charge is 2.12. The number of anilines is 1. The Kier molecular flexibility index (Phi) is 9.18. The van der Waals surface area contributed by atoms with Gasteiger partial charge in [-0.1, -0.05) is 30.3 Å². The monoisotopic (exact) mass is 501 g/mol. The number of fused-ring (bicyclic) bond motifs is 1. The molecule has 1 amide bonds. The third-order valence-electron chi connectivity index (χ3n) is 6.17. The van der Waals surface area contributed by atoms with Crippen molar-refractivity contribution < 1.29 is 9.53 Å². The summed E-state index contributed by atoms with van der Waals surface area (Å²) in [5, 5.41) is 6.41. The summed E-state index contributed by atoms with van der Waals surface area (Å²) >= 11 is 0. The van der Waals surface area contributed by atoms with Crippen LogP contribution in [0.2, 0.25) is 0 Å². The fourth-order valence-corrected chi connectivity index (χ4v) is 4.05. The minimum absolute atomic E-state index is 0.0850. The number of hydrogen-bond donors (Lipinski definition) is 2. The van der Waals surface area contributed by atoms with Crippen LogP contribution in [0, 0.1) is 0 Å². The number of carbonyl (C=O) groups excluding carboxylic acids is 1. The third-order valence-corrected chi connectivity index (χ3v) is 6.17. The summed E-state index contributed by atoms with van der Waals surface area (Å²) < 4.78 is 7.26. The number of hydrogen-bond acceptors (Lipinski definition) is 7. The normalized spacial score (nSPS) is 12.1. The largest absolute Gasteiger partial charge is 0.380 e. The van der Waals surface area contributed by atoms with Gasteiger partial charge in [0.05, 0.1) is 30.0 Å². The number of aromatic nitrogens is 4. The molecule has 37 heavy (non-hydrogen) atoms. The van der Waals surface area contributed by atoms with Crippen LogP contribution in [0.15, 0.2) is 67.3 Å². The van der Waals surface area contributed by atoms with Crippen LogP contribution >= 0.6 is 0 Å². The average molecular weight is 502 g/mol. The number of imidazole rings is 1. The molecule has 9 nitrogen and oxygen atoms in total. The molecule has 0 spiro atoms. The molecule has 1 atom stereocenters. The van der Waals surface area contributed by atoms with Crippen LogP contribution in [0.3, 0.4) is 0 Å².